The van der Waals surface area contributed by atoms with Gasteiger partial charge in [-0.05, 0) is 19.4 Å². The van der Waals surface area contributed by atoms with E-state index in [1.54, 1.807) is 0 Å². The van der Waals surface area contributed by atoms with Crippen molar-refractivity contribution >= 4 is 17.6 Å². The summed E-state index contributed by atoms with van der Waals surface area (Å²) in [6, 6.07) is 0. The number of rotatable bonds is 4. The van der Waals surface area contributed by atoms with Gasteiger partial charge in [0.05, 0.1) is 17.9 Å². The van der Waals surface area contributed by atoms with Gasteiger partial charge in [0.1, 0.15) is 0 Å². The van der Waals surface area contributed by atoms with Crippen LogP contribution < -0.4 is 10.6 Å². The van der Waals surface area contributed by atoms with Crippen molar-refractivity contribution in [3.63, 3.8) is 0 Å². The molecule has 0 saturated heterocycles. The van der Waals surface area contributed by atoms with Gasteiger partial charge in [-0.15, -0.1) is 0 Å². The Hall–Kier alpha value is -1.27. The summed E-state index contributed by atoms with van der Waals surface area (Å²) in [7, 11) is 0. The average molecular weight is 238 g/mol. The lowest BCUT2D eigenvalue weighted by Gasteiger charge is -2.13. The Morgan fingerprint density at radius 1 is 1.62 bits per heavy atom. The molecular weight excluding hydrogens is 224 g/mol. The number of nitrogens with one attached hydrogen (secondary N) is 2. The zero-order valence-corrected chi connectivity index (χ0v) is 9.72. The van der Waals surface area contributed by atoms with Gasteiger partial charge in [-0.2, -0.15) is 8.75 Å². The Morgan fingerprint density at radius 2 is 2.56 bits per heavy atom. The standard InChI is InChI=1S/C10H14N4OS/c15-10(9-7-13-16-14-9)12-6-3-8-1-4-11-5-2-8/h1,7,11H,2-6H2,(H,12,15). The number of aromatic nitrogens is 2. The quantitative estimate of drug-likeness (QED) is 0.753. The van der Waals surface area contributed by atoms with Crippen LogP contribution >= 0.6 is 11.7 Å². The number of carbonyl (C=O) groups is 1. The van der Waals surface area contributed by atoms with Gasteiger partial charge in [0.25, 0.3) is 5.91 Å². The van der Waals surface area contributed by atoms with Crippen molar-refractivity contribution in [3.05, 3.63) is 23.5 Å². The lowest BCUT2D eigenvalue weighted by molar-refractivity contribution is 0.0950. The lowest BCUT2D eigenvalue weighted by atomic mass is 10.1. The molecule has 0 saturated carbocycles. The van der Waals surface area contributed by atoms with E-state index < -0.39 is 0 Å². The smallest absolute Gasteiger partial charge is 0.272 e. The Kier molecular flexibility index (Phi) is 4.01. The van der Waals surface area contributed by atoms with Gasteiger partial charge in [0.15, 0.2) is 5.69 Å². The van der Waals surface area contributed by atoms with E-state index in [-0.39, 0.29) is 5.91 Å². The molecule has 86 valence electrons. The van der Waals surface area contributed by atoms with Crippen molar-refractivity contribution in [1.82, 2.24) is 19.4 Å². The van der Waals surface area contributed by atoms with E-state index in [9.17, 15) is 4.79 Å². The summed E-state index contributed by atoms with van der Waals surface area (Å²) < 4.78 is 7.67. The Bertz CT molecular complexity index is 374. The van der Waals surface area contributed by atoms with E-state index in [2.05, 4.69) is 25.5 Å². The zero-order chi connectivity index (χ0) is 11.2. The van der Waals surface area contributed by atoms with Crippen LogP contribution in [-0.2, 0) is 0 Å². The van der Waals surface area contributed by atoms with Crippen LogP contribution in [0.15, 0.2) is 17.8 Å². The molecule has 0 radical (unpaired) electrons. The summed E-state index contributed by atoms with van der Waals surface area (Å²) >= 11 is 1.05. The van der Waals surface area contributed by atoms with Crippen LogP contribution in [0.5, 0.6) is 0 Å². The molecule has 1 aromatic heterocycles. The molecule has 6 heteroatoms. The summed E-state index contributed by atoms with van der Waals surface area (Å²) in [5.41, 5.74) is 1.82. The third-order valence-electron chi connectivity index (χ3n) is 2.48. The number of nitrogens with zero attached hydrogens (tertiary/aromatic N) is 2. The highest BCUT2D eigenvalue weighted by molar-refractivity contribution is 6.99. The molecular formula is C10H14N4OS. The number of carbonyl (C=O) groups excluding carboxylic acids is 1. The van der Waals surface area contributed by atoms with Gasteiger partial charge < -0.3 is 10.6 Å². The van der Waals surface area contributed by atoms with Crippen LogP contribution in [-0.4, -0.2) is 34.3 Å². The van der Waals surface area contributed by atoms with Crippen LogP contribution in [0.3, 0.4) is 0 Å². The Morgan fingerprint density at radius 3 is 3.25 bits per heavy atom. The first-order valence-electron chi connectivity index (χ1n) is 5.30. The van der Waals surface area contributed by atoms with E-state index in [0.717, 1.165) is 37.7 Å². The van der Waals surface area contributed by atoms with Gasteiger partial charge in [-0.3, -0.25) is 4.79 Å². The second kappa shape index (κ2) is 5.72. The van der Waals surface area contributed by atoms with Crippen molar-refractivity contribution in [2.45, 2.75) is 12.8 Å². The van der Waals surface area contributed by atoms with E-state index in [1.165, 1.54) is 11.8 Å². The summed E-state index contributed by atoms with van der Waals surface area (Å²) in [5, 5.41) is 6.09. The molecule has 0 aromatic carbocycles. The fourth-order valence-corrected chi connectivity index (χ4v) is 2.00. The van der Waals surface area contributed by atoms with E-state index in [4.69, 9.17) is 0 Å². The van der Waals surface area contributed by atoms with Gasteiger partial charge >= 0.3 is 0 Å². The molecule has 1 amide bonds. The minimum Gasteiger partial charge on any atom is -0.350 e. The first-order valence-corrected chi connectivity index (χ1v) is 6.03. The largest absolute Gasteiger partial charge is 0.350 e. The number of hydrogen-bond donors (Lipinski definition) is 2. The molecule has 1 aliphatic rings. The van der Waals surface area contributed by atoms with Crippen molar-refractivity contribution in [3.8, 4) is 0 Å². The highest BCUT2D eigenvalue weighted by Gasteiger charge is 2.08. The van der Waals surface area contributed by atoms with Gasteiger partial charge in [-0.1, -0.05) is 11.6 Å². The summed E-state index contributed by atoms with van der Waals surface area (Å²) in [6.45, 7) is 2.65. The molecule has 2 rings (SSSR count). The van der Waals surface area contributed by atoms with E-state index in [1.807, 2.05) is 0 Å². The molecule has 0 spiro atoms. The van der Waals surface area contributed by atoms with Crippen LogP contribution in [0, 0.1) is 0 Å². The lowest BCUT2D eigenvalue weighted by Crippen LogP contribution is -2.26. The van der Waals surface area contributed by atoms with Crippen molar-refractivity contribution in [1.29, 1.82) is 0 Å². The first kappa shape index (κ1) is 11.2. The highest BCUT2D eigenvalue weighted by Crippen LogP contribution is 2.07. The van der Waals surface area contributed by atoms with E-state index in [0.29, 0.717) is 12.2 Å². The molecule has 1 aliphatic heterocycles. The van der Waals surface area contributed by atoms with Gasteiger partial charge in [0, 0.05) is 13.1 Å². The number of hydrogen-bond acceptors (Lipinski definition) is 5. The molecule has 0 fully saturated rings. The third kappa shape index (κ3) is 3.11. The highest BCUT2D eigenvalue weighted by atomic mass is 32.1. The second-order valence-electron chi connectivity index (χ2n) is 3.62. The second-order valence-corrected chi connectivity index (χ2v) is 4.17. The molecule has 16 heavy (non-hydrogen) atoms. The predicted molar refractivity (Wildman–Crippen MR) is 62.4 cm³/mol. The van der Waals surface area contributed by atoms with Crippen LogP contribution in [0.25, 0.3) is 0 Å². The summed E-state index contributed by atoms with van der Waals surface area (Å²) in [4.78, 5) is 11.5. The molecule has 2 N–H and O–H groups in total. The van der Waals surface area contributed by atoms with Crippen molar-refractivity contribution in [2.75, 3.05) is 19.6 Å². The molecule has 2 heterocycles. The maximum absolute atomic E-state index is 11.5. The maximum atomic E-state index is 11.5. The predicted octanol–water partition coefficient (Wildman–Crippen LogP) is 0.578. The summed E-state index contributed by atoms with van der Waals surface area (Å²) in [5.74, 6) is -0.136. The minimum atomic E-state index is -0.136. The zero-order valence-electron chi connectivity index (χ0n) is 8.90. The first-order chi connectivity index (χ1) is 7.86. The van der Waals surface area contributed by atoms with Crippen LogP contribution in [0.4, 0.5) is 0 Å². The van der Waals surface area contributed by atoms with Crippen LogP contribution in [0.1, 0.15) is 23.3 Å². The van der Waals surface area contributed by atoms with Crippen molar-refractivity contribution < 1.29 is 4.79 Å². The van der Waals surface area contributed by atoms with Crippen molar-refractivity contribution in [2.24, 2.45) is 0 Å². The SMILES string of the molecule is O=C(NCCC1=CCNCC1)c1cnsn1. The molecule has 5 nitrogen and oxygen atoms in total. The Labute approximate surface area is 98.3 Å². The topological polar surface area (TPSA) is 66.9 Å². The average Bonchev–Trinajstić information content (AvgIpc) is 2.84. The normalized spacial score (nSPS) is 15.6. The van der Waals surface area contributed by atoms with Crippen LogP contribution in [0.2, 0.25) is 0 Å². The third-order valence-corrected chi connectivity index (χ3v) is 2.96. The molecule has 0 bridgehead atoms. The minimum absolute atomic E-state index is 0.136. The Balaban J connectivity index is 1.72. The molecule has 0 atom stereocenters. The number of amides is 1. The van der Waals surface area contributed by atoms with Gasteiger partial charge in [-0.25, -0.2) is 0 Å². The fourth-order valence-electron chi connectivity index (χ4n) is 1.59. The molecule has 1 aromatic rings. The molecule has 0 unspecified atom stereocenters. The summed E-state index contributed by atoms with van der Waals surface area (Å²) in [6.07, 6.45) is 5.68. The molecule has 0 aliphatic carbocycles. The van der Waals surface area contributed by atoms with E-state index >= 15 is 0 Å². The maximum Gasteiger partial charge on any atom is 0.272 e. The van der Waals surface area contributed by atoms with Gasteiger partial charge in [0.2, 0.25) is 0 Å². The monoisotopic (exact) mass is 238 g/mol. The fraction of sp³-hybridized carbons (Fsp3) is 0.500.